The Labute approximate surface area is 249 Å². The molecule has 0 rings (SSSR count). The molecule has 0 spiro atoms. The molecule has 244 valence electrons. The first-order valence-corrected chi connectivity index (χ1v) is 14.7. The highest BCUT2D eigenvalue weighted by Gasteiger charge is 2.36. The molecule has 0 fully saturated rings. The average molecular weight is 592 g/mol. The van der Waals surface area contributed by atoms with Gasteiger partial charge in [0.25, 0.3) is 6.47 Å². The van der Waals surface area contributed by atoms with E-state index in [1.54, 1.807) is 51.8 Å². The number of carbonyl (C=O) groups is 4. The molecule has 0 bridgehead atoms. The molecular weight excluding hydrogens is 530 g/mol. The Bertz CT molecular complexity index is 712. The van der Waals surface area contributed by atoms with Crippen molar-refractivity contribution in [3.63, 3.8) is 0 Å². The van der Waals surface area contributed by atoms with Crippen LogP contribution in [0.1, 0.15) is 101 Å². The quantitative estimate of drug-likeness (QED) is 0.197. The molecule has 0 heterocycles. The summed E-state index contributed by atoms with van der Waals surface area (Å²) >= 11 is 0. The molecule has 41 heavy (non-hydrogen) atoms. The zero-order valence-electron chi connectivity index (χ0n) is 28.1. The molecule has 0 aromatic rings. The molecule has 11 heteroatoms. The lowest BCUT2D eigenvalue weighted by Gasteiger charge is -2.39. The summed E-state index contributed by atoms with van der Waals surface area (Å²) in [5.41, 5.74) is -0.653. The number of methoxy groups -OCH3 is 2. The summed E-state index contributed by atoms with van der Waals surface area (Å²) in [4.78, 5) is 50.2. The normalized spacial score (nSPS) is 13.7. The van der Waals surface area contributed by atoms with Gasteiger partial charge in [0.2, 0.25) is 11.8 Å². The molecule has 3 amide bonds. The smallest absolute Gasteiger partial charge is 0.408 e. The summed E-state index contributed by atoms with van der Waals surface area (Å²) < 4.78 is 16.7. The first-order valence-electron chi connectivity index (χ1n) is 14.7. The molecule has 0 radical (unpaired) electrons. The van der Waals surface area contributed by atoms with Crippen molar-refractivity contribution in [3.05, 3.63) is 0 Å². The van der Waals surface area contributed by atoms with E-state index in [9.17, 15) is 14.4 Å². The van der Waals surface area contributed by atoms with Crippen LogP contribution in [0.5, 0.6) is 0 Å². The summed E-state index contributed by atoms with van der Waals surface area (Å²) in [6.07, 6.45) is 2.51. The number of unbranched alkanes of at least 4 members (excludes halogenated alkanes) is 1. The highest BCUT2D eigenvalue weighted by atomic mass is 16.6. The predicted molar refractivity (Wildman–Crippen MR) is 163 cm³/mol. The average Bonchev–Trinajstić information content (AvgIpc) is 2.88. The molecule has 0 saturated carbocycles. The number of nitrogens with zero attached hydrogens (tertiary/aromatic N) is 2. The molecular formula is C30H61N3O8. The monoisotopic (exact) mass is 591 g/mol. The van der Waals surface area contributed by atoms with Gasteiger partial charge in [-0.2, -0.15) is 0 Å². The fourth-order valence-electron chi connectivity index (χ4n) is 4.11. The van der Waals surface area contributed by atoms with Gasteiger partial charge >= 0.3 is 6.09 Å². The molecule has 0 aromatic carbocycles. The minimum Gasteiger partial charge on any atom is -0.483 e. The van der Waals surface area contributed by atoms with E-state index in [-0.39, 0.29) is 55.4 Å². The zero-order valence-corrected chi connectivity index (χ0v) is 28.1. The van der Waals surface area contributed by atoms with E-state index in [4.69, 9.17) is 24.1 Å². The third-order valence-electron chi connectivity index (χ3n) is 6.10. The van der Waals surface area contributed by atoms with E-state index in [1.807, 2.05) is 27.7 Å². The predicted octanol–water partition coefficient (Wildman–Crippen LogP) is 5.16. The van der Waals surface area contributed by atoms with Gasteiger partial charge in [-0.3, -0.25) is 14.4 Å². The number of rotatable bonds is 15. The van der Waals surface area contributed by atoms with Gasteiger partial charge < -0.3 is 34.4 Å². The lowest BCUT2D eigenvalue weighted by molar-refractivity contribution is -0.153. The number of likely N-dealkylation sites (N-methyl/N-ethyl adjacent to an activating group) is 1. The van der Waals surface area contributed by atoms with E-state index in [2.05, 4.69) is 26.1 Å². The van der Waals surface area contributed by atoms with Crippen LogP contribution in [-0.2, 0) is 28.6 Å². The SMILES string of the molecule is CCC.CCCCN(C(=O)CC(OC)C(C(C)CC)N(C)C(=O)CNC(=O)OC(C)(C)C)C(OC)C(C)C.O=CO. The van der Waals surface area contributed by atoms with Crippen molar-refractivity contribution in [2.75, 3.05) is 34.4 Å². The topological polar surface area (TPSA) is 135 Å². The zero-order chi connectivity index (χ0) is 32.8. The number of hydrogen-bond acceptors (Lipinski definition) is 7. The molecule has 0 aromatic heterocycles. The van der Waals surface area contributed by atoms with Crippen molar-refractivity contribution in [2.24, 2.45) is 11.8 Å². The van der Waals surface area contributed by atoms with E-state index >= 15 is 0 Å². The largest absolute Gasteiger partial charge is 0.483 e. The van der Waals surface area contributed by atoms with Gasteiger partial charge in [0.05, 0.1) is 18.6 Å². The molecule has 2 N–H and O–H groups in total. The highest BCUT2D eigenvalue weighted by Crippen LogP contribution is 2.24. The van der Waals surface area contributed by atoms with Crippen molar-refractivity contribution in [2.45, 2.75) is 125 Å². The molecule has 0 aliphatic carbocycles. The second-order valence-electron chi connectivity index (χ2n) is 11.3. The van der Waals surface area contributed by atoms with Crippen molar-refractivity contribution >= 4 is 24.4 Å². The summed E-state index contributed by atoms with van der Waals surface area (Å²) in [6.45, 7) is 19.9. The Morgan fingerprint density at radius 1 is 0.976 bits per heavy atom. The van der Waals surface area contributed by atoms with Crippen molar-refractivity contribution < 1.29 is 38.5 Å². The fourth-order valence-corrected chi connectivity index (χ4v) is 4.11. The van der Waals surface area contributed by atoms with Crippen LogP contribution in [0.4, 0.5) is 4.79 Å². The Morgan fingerprint density at radius 2 is 1.49 bits per heavy atom. The van der Waals surface area contributed by atoms with E-state index in [0.717, 1.165) is 19.3 Å². The van der Waals surface area contributed by atoms with Crippen LogP contribution < -0.4 is 5.32 Å². The van der Waals surface area contributed by atoms with E-state index in [0.29, 0.717) is 6.54 Å². The maximum absolute atomic E-state index is 13.5. The lowest BCUT2D eigenvalue weighted by Crippen LogP contribution is -2.54. The van der Waals surface area contributed by atoms with Gasteiger partial charge in [-0.25, -0.2) is 4.79 Å². The van der Waals surface area contributed by atoms with Crippen LogP contribution in [0, 0.1) is 11.8 Å². The Balaban J connectivity index is -0.00000219. The first kappa shape index (κ1) is 43.1. The Hall–Kier alpha value is -2.40. The summed E-state index contributed by atoms with van der Waals surface area (Å²) in [5.74, 6) is -0.145. The van der Waals surface area contributed by atoms with Crippen molar-refractivity contribution in [3.8, 4) is 0 Å². The minimum absolute atomic E-state index is 0.0631. The number of ether oxygens (including phenoxy) is 3. The number of carbonyl (C=O) groups excluding carboxylic acids is 3. The van der Waals surface area contributed by atoms with Gasteiger partial charge in [-0.05, 0) is 39.0 Å². The van der Waals surface area contributed by atoms with Crippen LogP contribution in [0.25, 0.3) is 0 Å². The van der Waals surface area contributed by atoms with Crippen molar-refractivity contribution in [1.82, 2.24) is 15.1 Å². The maximum Gasteiger partial charge on any atom is 0.408 e. The van der Waals surface area contributed by atoms with Gasteiger partial charge in [0.15, 0.2) is 0 Å². The third-order valence-corrected chi connectivity index (χ3v) is 6.10. The van der Waals surface area contributed by atoms with E-state index < -0.39 is 17.8 Å². The molecule has 0 saturated heterocycles. The second-order valence-corrected chi connectivity index (χ2v) is 11.3. The number of nitrogens with one attached hydrogen (secondary N) is 1. The fraction of sp³-hybridized carbons (Fsp3) is 0.867. The number of hydrogen-bond donors (Lipinski definition) is 2. The lowest BCUT2D eigenvalue weighted by atomic mass is 9.90. The second kappa shape index (κ2) is 24.2. The Kier molecular flexibility index (Phi) is 25.4. The maximum atomic E-state index is 13.5. The van der Waals surface area contributed by atoms with Gasteiger partial charge in [-0.1, -0.05) is 67.7 Å². The van der Waals surface area contributed by atoms with E-state index in [1.165, 1.54) is 6.42 Å². The highest BCUT2D eigenvalue weighted by molar-refractivity contribution is 5.82. The summed E-state index contributed by atoms with van der Waals surface area (Å²) in [6, 6.07) is -0.352. The number of amides is 3. The van der Waals surface area contributed by atoms with Crippen LogP contribution in [0.3, 0.4) is 0 Å². The molecule has 0 aliphatic heterocycles. The summed E-state index contributed by atoms with van der Waals surface area (Å²) in [5, 5.41) is 9.41. The molecule has 11 nitrogen and oxygen atoms in total. The summed E-state index contributed by atoms with van der Waals surface area (Å²) in [7, 11) is 4.88. The molecule has 0 aliphatic rings. The third kappa shape index (κ3) is 19.4. The number of carboxylic acid groups (broad SMARTS) is 1. The molecule has 4 unspecified atom stereocenters. The minimum atomic E-state index is -0.653. The van der Waals surface area contributed by atoms with Gasteiger partial charge in [-0.15, -0.1) is 0 Å². The van der Waals surface area contributed by atoms with Crippen molar-refractivity contribution in [1.29, 1.82) is 0 Å². The van der Waals surface area contributed by atoms with Crippen LogP contribution in [0.2, 0.25) is 0 Å². The van der Waals surface area contributed by atoms with Crippen LogP contribution >= 0.6 is 0 Å². The van der Waals surface area contributed by atoms with Gasteiger partial charge in [0.1, 0.15) is 18.4 Å². The van der Waals surface area contributed by atoms with Crippen LogP contribution in [-0.4, -0.2) is 97.6 Å². The Morgan fingerprint density at radius 3 is 1.85 bits per heavy atom. The molecule has 4 atom stereocenters. The number of alkyl carbamates (subject to hydrolysis) is 1. The van der Waals surface area contributed by atoms with Gasteiger partial charge in [0, 0.05) is 27.8 Å². The standard InChI is InChI=1S/C26H51N3O6.C3H8.CH2O2/c1-12-14-15-29(24(34-11)18(3)4)21(30)16-20(33-10)23(19(5)13-2)28(9)22(31)17-27-25(32)35-26(6,7)8;1-3-2;2-1-3/h18-20,23-24H,12-17H2,1-11H3,(H,27,32);3H2,1-2H3;1H,(H,2,3). The first-order chi connectivity index (χ1) is 19.1. The van der Waals surface area contributed by atoms with Crippen LogP contribution in [0.15, 0.2) is 0 Å².